The lowest BCUT2D eigenvalue weighted by molar-refractivity contribution is -0.119. The molecule has 1 N–H and O–H groups in total. The van der Waals surface area contributed by atoms with Crippen LogP contribution in [0.2, 0.25) is 0 Å². The highest BCUT2D eigenvalue weighted by atomic mass is 16.5. The zero-order valence-corrected chi connectivity index (χ0v) is 14.7. The van der Waals surface area contributed by atoms with Crippen LogP contribution in [0.5, 0.6) is 5.75 Å². The molecule has 1 amide bonds. The molecule has 1 saturated heterocycles. The molecule has 1 atom stereocenters. The van der Waals surface area contributed by atoms with Crippen LogP contribution in [0.3, 0.4) is 0 Å². The van der Waals surface area contributed by atoms with Crippen LogP contribution in [-0.4, -0.2) is 31.1 Å². The van der Waals surface area contributed by atoms with Crippen LogP contribution in [-0.2, 0) is 23.2 Å². The molecule has 1 fully saturated rings. The summed E-state index contributed by atoms with van der Waals surface area (Å²) < 4.78 is 5.24. The minimum absolute atomic E-state index is 0.138. The Morgan fingerprint density at radius 3 is 2.72 bits per heavy atom. The maximum Gasteiger partial charge on any atom is 0.221 e. The Kier molecular flexibility index (Phi) is 3.86. The van der Waals surface area contributed by atoms with Gasteiger partial charge in [-0.1, -0.05) is 19.1 Å². The van der Waals surface area contributed by atoms with E-state index >= 15 is 0 Å². The number of fused-ring (bicyclic) bond motifs is 2. The Morgan fingerprint density at radius 1 is 1.28 bits per heavy atom. The van der Waals surface area contributed by atoms with Crippen LogP contribution >= 0.6 is 0 Å². The number of carbonyl (C=O) groups is 1. The molecule has 2 aliphatic rings. The number of nitrogens with zero attached hydrogens (tertiary/aromatic N) is 2. The highest BCUT2D eigenvalue weighted by molar-refractivity contribution is 5.82. The van der Waals surface area contributed by atoms with Gasteiger partial charge in [0.25, 0.3) is 0 Å². The summed E-state index contributed by atoms with van der Waals surface area (Å²) >= 11 is 0. The summed E-state index contributed by atoms with van der Waals surface area (Å²) in [7, 11) is 1.68. The second-order valence-corrected chi connectivity index (χ2v) is 7.01. The lowest BCUT2D eigenvalue weighted by Gasteiger charge is -2.23. The molecule has 5 nitrogen and oxygen atoms in total. The zero-order valence-electron chi connectivity index (χ0n) is 14.7. The first-order valence-electron chi connectivity index (χ1n) is 8.77. The number of benzene rings is 1. The van der Waals surface area contributed by atoms with Crippen molar-refractivity contribution >= 4 is 11.7 Å². The van der Waals surface area contributed by atoms with E-state index < -0.39 is 0 Å². The molecule has 0 aliphatic carbocycles. The van der Waals surface area contributed by atoms with Crippen molar-refractivity contribution in [2.75, 3.05) is 25.1 Å². The monoisotopic (exact) mass is 337 g/mol. The van der Waals surface area contributed by atoms with E-state index in [1.165, 1.54) is 16.7 Å². The van der Waals surface area contributed by atoms with Gasteiger partial charge in [-0.2, -0.15) is 0 Å². The summed E-state index contributed by atoms with van der Waals surface area (Å²) in [5.41, 5.74) is 3.52. The lowest BCUT2D eigenvalue weighted by atomic mass is 9.81. The van der Waals surface area contributed by atoms with Gasteiger partial charge in [-0.3, -0.25) is 4.79 Å². The van der Waals surface area contributed by atoms with E-state index in [9.17, 15) is 4.79 Å². The van der Waals surface area contributed by atoms with E-state index in [0.717, 1.165) is 31.1 Å². The van der Waals surface area contributed by atoms with Gasteiger partial charge in [0.05, 0.1) is 7.11 Å². The second-order valence-electron chi connectivity index (χ2n) is 7.01. The maximum absolute atomic E-state index is 11.9. The number of aryl methyl sites for hydroxylation is 1. The number of anilines is 1. The fourth-order valence-electron chi connectivity index (χ4n) is 3.95. The summed E-state index contributed by atoms with van der Waals surface area (Å²) in [6, 6.07) is 10.4. The smallest absolute Gasteiger partial charge is 0.221 e. The molecule has 1 aromatic carbocycles. The van der Waals surface area contributed by atoms with Crippen LogP contribution in [0.4, 0.5) is 5.82 Å². The predicted octanol–water partition coefficient (Wildman–Crippen LogP) is 2.43. The summed E-state index contributed by atoms with van der Waals surface area (Å²) in [5, 5.41) is 3.02. The molecule has 1 aromatic heterocycles. The zero-order chi connectivity index (χ0) is 17.4. The van der Waals surface area contributed by atoms with E-state index in [1.807, 2.05) is 18.3 Å². The first kappa shape index (κ1) is 15.9. The third-order valence-corrected chi connectivity index (χ3v) is 5.35. The van der Waals surface area contributed by atoms with Crippen LogP contribution in [0, 0.1) is 0 Å². The molecule has 0 radical (unpaired) electrons. The van der Waals surface area contributed by atoms with Gasteiger partial charge in [-0.05, 0) is 35.7 Å². The Hall–Kier alpha value is -2.56. The highest BCUT2D eigenvalue weighted by Gasteiger charge is 2.48. The number of ether oxygens (including phenoxy) is 1. The van der Waals surface area contributed by atoms with Crippen molar-refractivity contribution in [3.63, 3.8) is 0 Å². The number of methoxy groups -OCH3 is 1. The van der Waals surface area contributed by atoms with E-state index in [4.69, 9.17) is 9.72 Å². The Balaban J connectivity index is 1.67. The molecule has 4 rings (SSSR count). The van der Waals surface area contributed by atoms with Crippen LogP contribution in [0.1, 0.15) is 30.0 Å². The van der Waals surface area contributed by atoms with Crippen molar-refractivity contribution in [1.82, 2.24) is 10.3 Å². The molecule has 130 valence electrons. The number of rotatable bonds is 4. The fraction of sp³-hybridized carbons (Fsp3) is 0.400. The van der Waals surface area contributed by atoms with E-state index in [2.05, 4.69) is 35.3 Å². The molecular weight excluding hydrogens is 314 g/mol. The van der Waals surface area contributed by atoms with Gasteiger partial charge in [-0.25, -0.2) is 4.98 Å². The lowest BCUT2D eigenvalue weighted by Crippen LogP contribution is -2.35. The van der Waals surface area contributed by atoms with Gasteiger partial charge in [0.15, 0.2) is 0 Å². The number of nitrogens with one attached hydrogen (secondary N) is 1. The third-order valence-electron chi connectivity index (χ3n) is 5.35. The maximum atomic E-state index is 11.9. The summed E-state index contributed by atoms with van der Waals surface area (Å²) in [5.74, 6) is 2.02. The quantitative estimate of drug-likeness (QED) is 0.931. The first-order chi connectivity index (χ1) is 12.1. The number of pyridine rings is 1. The molecule has 3 heterocycles. The van der Waals surface area contributed by atoms with Gasteiger partial charge >= 0.3 is 0 Å². The molecule has 25 heavy (non-hydrogen) atoms. The minimum Gasteiger partial charge on any atom is -0.497 e. The van der Waals surface area contributed by atoms with Crippen molar-refractivity contribution in [3.8, 4) is 5.75 Å². The second kappa shape index (κ2) is 6.06. The predicted molar refractivity (Wildman–Crippen MR) is 97.0 cm³/mol. The van der Waals surface area contributed by atoms with Crippen molar-refractivity contribution in [2.45, 2.75) is 31.7 Å². The van der Waals surface area contributed by atoms with Crippen LogP contribution < -0.4 is 15.0 Å². The van der Waals surface area contributed by atoms with E-state index in [1.54, 1.807) is 7.11 Å². The third kappa shape index (κ3) is 2.73. The topological polar surface area (TPSA) is 54.5 Å². The SMILES string of the molecule is CCc1cnc2c(c1)C1(CNC(=O)C1)CN2Cc1ccc(OC)cc1. The number of hydrogen-bond acceptors (Lipinski definition) is 4. The largest absolute Gasteiger partial charge is 0.497 e. The number of amides is 1. The standard InChI is InChI=1S/C20H23N3O2/c1-3-14-8-17-19(21-10-14)23(13-20(17)9-18(24)22-12-20)11-15-4-6-16(25-2)7-5-15/h4-8,10H,3,9,11-13H2,1-2H3,(H,22,24). The van der Waals surface area contributed by atoms with Crippen molar-refractivity contribution in [1.29, 1.82) is 0 Å². The average Bonchev–Trinajstić information content (AvgIpc) is 3.16. The van der Waals surface area contributed by atoms with Crippen molar-refractivity contribution < 1.29 is 9.53 Å². The molecule has 0 saturated carbocycles. The average molecular weight is 337 g/mol. The van der Waals surface area contributed by atoms with Gasteiger partial charge in [0, 0.05) is 43.2 Å². The Bertz CT molecular complexity index is 803. The molecule has 5 heteroatoms. The summed E-state index contributed by atoms with van der Waals surface area (Å²) in [6.45, 7) is 4.45. The number of aromatic nitrogens is 1. The minimum atomic E-state index is -0.142. The Labute approximate surface area is 148 Å². The Morgan fingerprint density at radius 2 is 2.08 bits per heavy atom. The van der Waals surface area contributed by atoms with Gasteiger partial charge in [0.2, 0.25) is 5.91 Å². The number of hydrogen-bond donors (Lipinski definition) is 1. The first-order valence-corrected chi connectivity index (χ1v) is 8.77. The van der Waals surface area contributed by atoms with Crippen LogP contribution in [0.15, 0.2) is 36.5 Å². The summed E-state index contributed by atoms with van der Waals surface area (Å²) in [6.07, 6.45) is 3.47. The molecular formula is C20H23N3O2. The van der Waals surface area contributed by atoms with Crippen molar-refractivity contribution in [2.24, 2.45) is 0 Å². The normalized spacial score (nSPS) is 21.5. The van der Waals surface area contributed by atoms with Crippen LogP contribution in [0.25, 0.3) is 0 Å². The van der Waals surface area contributed by atoms with Crippen molar-refractivity contribution in [3.05, 3.63) is 53.2 Å². The molecule has 0 bridgehead atoms. The molecule has 2 aliphatic heterocycles. The highest BCUT2D eigenvalue weighted by Crippen LogP contribution is 2.44. The van der Waals surface area contributed by atoms with E-state index in [-0.39, 0.29) is 11.3 Å². The van der Waals surface area contributed by atoms with E-state index in [0.29, 0.717) is 13.0 Å². The number of carbonyl (C=O) groups excluding carboxylic acids is 1. The van der Waals surface area contributed by atoms with Gasteiger partial charge < -0.3 is 15.0 Å². The van der Waals surface area contributed by atoms with Gasteiger partial charge in [-0.15, -0.1) is 0 Å². The molecule has 1 spiro atoms. The molecule has 2 aromatic rings. The summed E-state index contributed by atoms with van der Waals surface area (Å²) in [4.78, 5) is 19.0. The molecule has 1 unspecified atom stereocenters. The fourth-order valence-corrected chi connectivity index (χ4v) is 3.95. The van der Waals surface area contributed by atoms with Gasteiger partial charge in [0.1, 0.15) is 11.6 Å².